The summed E-state index contributed by atoms with van der Waals surface area (Å²) in [5.74, 6) is -0.565. The Hall–Kier alpha value is -3.81. The molecule has 0 aliphatic carbocycles. The van der Waals surface area contributed by atoms with Crippen molar-refractivity contribution in [3.63, 3.8) is 0 Å². The lowest BCUT2D eigenvalue weighted by atomic mass is 10.0. The molecule has 0 aliphatic heterocycles. The number of fused-ring (bicyclic) bond motifs is 2. The van der Waals surface area contributed by atoms with Crippen molar-refractivity contribution in [3.05, 3.63) is 64.1 Å². The number of nitrogens with zero attached hydrogens (tertiary/aromatic N) is 4. The fraction of sp³-hybridized carbons (Fsp3) is 0.227. The summed E-state index contributed by atoms with van der Waals surface area (Å²) in [7, 11) is 0. The highest BCUT2D eigenvalue weighted by molar-refractivity contribution is 6.05. The lowest BCUT2D eigenvalue weighted by molar-refractivity contribution is 0.0990. The molecule has 0 bridgehead atoms. The number of azo groups is 1. The highest BCUT2D eigenvalue weighted by Gasteiger charge is 2.17. The highest BCUT2D eigenvalue weighted by atomic mass is 16.3. The Bertz CT molecular complexity index is 1360. The van der Waals surface area contributed by atoms with E-state index >= 15 is 0 Å². The van der Waals surface area contributed by atoms with Crippen LogP contribution in [0.1, 0.15) is 42.7 Å². The highest BCUT2D eigenvalue weighted by Crippen LogP contribution is 2.37. The average Bonchev–Trinajstić information content (AvgIpc) is 3.06. The van der Waals surface area contributed by atoms with Gasteiger partial charge in [-0.25, -0.2) is 4.68 Å². The number of H-pyrrole nitrogens is 1. The average molecular weight is 403 g/mol. The largest absolute Gasteiger partial charge is 0.493 e. The van der Waals surface area contributed by atoms with E-state index in [2.05, 4.69) is 34.2 Å². The minimum Gasteiger partial charge on any atom is -0.493 e. The smallest absolute Gasteiger partial charge is 0.316 e. The molecule has 2 aromatic heterocycles. The zero-order valence-electron chi connectivity index (χ0n) is 16.9. The molecule has 8 nitrogen and oxygen atoms in total. The third-order valence-electron chi connectivity index (χ3n) is 5.05. The summed E-state index contributed by atoms with van der Waals surface area (Å²) in [6, 6.07) is 12.5. The number of hydrogen-bond donors (Lipinski definition) is 2. The monoisotopic (exact) mass is 403 g/mol. The molecule has 1 amide bonds. The summed E-state index contributed by atoms with van der Waals surface area (Å²) < 4.78 is 1.23. The molecule has 0 saturated heterocycles. The van der Waals surface area contributed by atoms with Gasteiger partial charge in [-0.05, 0) is 36.6 Å². The van der Waals surface area contributed by atoms with Crippen LogP contribution in [0.4, 0.5) is 5.69 Å². The number of aryl methyl sites for hydroxylation is 1. The van der Waals surface area contributed by atoms with Crippen molar-refractivity contribution in [1.29, 1.82) is 0 Å². The summed E-state index contributed by atoms with van der Waals surface area (Å²) in [5.41, 5.74) is 1.73. The van der Waals surface area contributed by atoms with Gasteiger partial charge in [0.25, 0.3) is 5.56 Å². The molecule has 0 fully saturated rings. The number of carbonyl (C=O) groups is 1. The van der Waals surface area contributed by atoms with Gasteiger partial charge in [0.2, 0.25) is 5.88 Å². The van der Waals surface area contributed by atoms with Crippen LogP contribution >= 0.6 is 0 Å². The Labute approximate surface area is 171 Å². The van der Waals surface area contributed by atoms with E-state index in [0.717, 1.165) is 5.56 Å². The third-order valence-corrected chi connectivity index (χ3v) is 5.05. The van der Waals surface area contributed by atoms with Crippen LogP contribution in [-0.4, -0.2) is 25.8 Å². The summed E-state index contributed by atoms with van der Waals surface area (Å²) in [6.07, 6.45) is 0. The first-order chi connectivity index (χ1) is 14.4. The zero-order valence-corrected chi connectivity index (χ0v) is 16.9. The van der Waals surface area contributed by atoms with Gasteiger partial charge in [0.05, 0.1) is 10.9 Å². The van der Waals surface area contributed by atoms with Gasteiger partial charge in [-0.2, -0.15) is 5.10 Å². The van der Waals surface area contributed by atoms with E-state index in [1.165, 1.54) is 4.68 Å². The van der Waals surface area contributed by atoms with Crippen molar-refractivity contribution < 1.29 is 9.90 Å². The lowest BCUT2D eigenvalue weighted by Gasteiger charge is -2.06. The molecule has 8 heteroatoms. The molecule has 2 aromatic carbocycles. The fourth-order valence-corrected chi connectivity index (χ4v) is 3.39. The van der Waals surface area contributed by atoms with Crippen LogP contribution in [0, 0.1) is 0 Å². The first kappa shape index (κ1) is 19.5. The van der Waals surface area contributed by atoms with E-state index < -0.39 is 5.91 Å². The van der Waals surface area contributed by atoms with Crippen LogP contribution in [0.2, 0.25) is 0 Å². The number of carbonyl (C=O) groups excluding carboxylic acids is 1. The molecule has 0 aliphatic rings. The summed E-state index contributed by atoms with van der Waals surface area (Å²) in [4.78, 5) is 28.1. The molecule has 4 aromatic rings. The first-order valence-electron chi connectivity index (χ1n) is 9.71. The Morgan fingerprint density at radius 2 is 1.90 bits per heavy atom. The molecule has 0 radical (unpaired) electrons. The Kier molecular flexibility index (Phi) is 4.91. The zero-order chi connectivity index (χ0) is 21.4. The Balaban J connectivity index is 1.80. The van der Waals surface area contributed by atoms with Crippen molar-refractivity contribution in [2.45, 2.75) is 33.2 Å². The molecular weight excluding hydrogens is 382 g/mol. The number of aromatic hydroxyl groups is 1. The van der Waals surface area contributed by atoms with E-state index in [1.54, 1.807) is 31.2 Å². The Morgan fingerprint density at radius 1 is 1.17 bits per heavy atom. The number of aromatic nitrogens is 3. The maximum atomic E-state index is 12.8. The Morgan fingerprint density at radius 3 is 2.60 bits per heavy atom. The number of benzene rings is 2. The van der Waals surface area contributed by atoms with Gasteiger partial charge in [-0.1, -0.05) is 38.1 Å². The molecule has 0 saturated carbocycles. The minimum atomic E-state index is -0.692. The maximum absolute atomic E-state index is 12.8. The van der Waals surface area contributed by atoms with Crippen LogP contribution in [0.5, 0.6) is 5.88 Å². The summed E-state index contributed by atoms with van der Waals surface area (Å²) >= 11 is 0. The van der Waals surface area contributed by atoms with Crippen LogP contribution in [0.3, 0.4) is 0 Å². The second kappa shape index (κ2) is 7.55. The van der Waals surface area contributed by atoms with Crippen molar-refractivity contribution in [3.8, 4) is 5.88 Å². The molecule has 0 spiro atoms. The molecule has 0 unspecified atom stereocenters. The molecule has 30 heavy (non-hydrogen) atoms. The van der Waals surface area contributed by atoms with Gasteiger partial charge >= 0.3 is 5.91 Å². The quantitative estimate of drug-likeness (QED) is 0.483. The summed E-state index contributed by atoms with van der Waals surface area (Å²) in [6.45, 7) is 6.23. The third kappa shape index (κ3) is 3.26. The number of rotatable bonds is 4. The van der Waals surface area contributed by atoms with Gasteiger partial charge < -0.3 is 10.1 Å². The lowest BCUT2D eigenvalue weighted by Crippen LogP contribution is -2.24. The topological polar surface area (TPSA) is 113 Å². The molecule has 0 atom stereocenters. The van der Waals surface area contributed by atoms with Crippen molar-refractivity contribution in [2.24, 2.45) is 10.2 Å². The van der Waals surface area contributed by atoms with E-state index in [-0.39, 0.29) is 22.8 Å². The maximum Gasteiger partial charge on any atom is 0.316 e. The van der Waals surface area contributed by atoms with Crippen molar-refractivity contribution in [1.82, 2.24) is 14.8 Å². The van der Waals surface area contributed by atoms with Gasteiger partial charge in [0.15, 0.2) is 11.4 Å². The van der Waals surface area contributed by atoms with E-state index in [1.807, 2.05) is 18.2 Å². The fourth-order valence-electron chi connectivity index (χ4n) is 3.39. The second-order valence-corrected chi connectivity index (χ2v) is 7.30. The minimum absolute atomic E-state index is 0.0398. The predicted molar refractivity (Wildman–Crippen MR) is 115 cm³/mol. The van der Waals surface area contributed by atoms with Crippen LogP contribution in [0.25, 0.3) is 21.7 Å². The SMILES string of the molecule is CCn1nc(C(=O)N=Nc2c(O)[nH]c3ccc(C(C)C)cc23)c2ccccc2c1=O. The van der Waals surface area contributed by atoms with Crippen LogP contribution in [-0.2, 0) is 6.54 Å². The molecular formula is C22H21N5O3. The van der Waals surface area contributed by atoms with E-state index in [4.69, 9.17) is 0 Å². The number of aromatic amines is 1. The first-order valence-corrected chi connectivity index (χ1v) is 9.71. The van der Waals surface area contributed by atoms with E-state index in [0.29, 0.717) is 34.1 Å². The number of nitrogens with one attached hydrogen (secondary N) is 1. The van der Waals surface area contributed by atoms with E-state index in [9.17, 15) is 14.7 Å². The van der Waals surface area contributed by atoms with Gasteiger partial charge in [0, 0.05) is 17.3 Å². The summed E-state index contributed by atoms with van der Waals surface area (Å²) in [5, 5.41) is 23.7. The number of amides is 1. The molecule has 152 valence electrons. The standard InChI is InChI=1S/C22H21N5O3/c1-4-27-22(30)15-8-6-5-7-14(15)19(26-27)21(29)25-24-18-16-11-13(12(2)3)9-10-17(16)23-20(18)28/h5-12,23,28H,4H2,1-3H3. The van der Waals surface area contributed by atoms with Crippen LogP contribution in [0.15, 0.2) is 57.5 Å². The normalized spacial score (nSPS) is 11.9. The van der Waals surface area contributed by atoms with Crippen LogP contribution < -0.4 is 5.56 Å². The molecule has 2 heterocycles. The number of hydrogen-bond acceptors (Lipinski definition) is 5. The predicted octanol–water partition coefficient (Wildman–Crippen LogP) is 4.65. The second-order valence-electron chi connectivity index (χ2n) is 7.30. The van der Waals surface area contributed by atoms with Gasteiger partial charge in [-0.3, -0.25) is 9.59 Å². The molecule has 2 N–H and O–H groups in total. The van der Waals surface area contributed by atoms with Gasteiger partial charge in [-0.15, -0.1) is 10.2 Å². The molecule has 4 rings (SSSR count). The van der Waals surface area contributed by atoms with Gasteiger partial charge in [0.1, 0.15) is 0 Å². The van der Waals surface area contributed by atoms with Crippen molar-refractivity contribution in [2.75, 3.05) is 0 Å². The van der Waals surface area contributed by atoms with Crippen molar-refractivity contribution >= 4 is 33.3 Å².